The van der Waals surface area contributed by atoms with E-state index < -0.39 is 0 Å². The Labute approximate surface area is 100 Å². The summed E-state index contributed by atoms with van der Waals surface area (Å²) < 4.78 is 0. The van der Waals surface area contributed by atoms with Gasteiger partial charge in [0.15, 0.2) is 0 Å². The lowest BCUT2D eigenvalue weighted by atomic mass is 10.0. The number of aromatic nitrogens is 1. The number of nitrogens with two attached hydrogens (primary N) is 1. The Morgan fingerprint density at radius 2 is 1.88 bits per heavy atom. The highest BCUT2D eigenvalue weighted by Gasteiger charge is 2.07. The molecule has 82 valence electrons. The second-order valence-corrected chi connectivity index (χ2v) is 4.29. The molecule has 0 aliphatic carbocycles. The van der Waals surface area contributed by atoms with Gasteiger partial charge in [0.2, 0.25) is 0 Å². The fraction of sp³-hybridized carbons (Fsp3) is 0.154. The molecule has 0 amide bonds. The third-order valence-corrected chi connectivity index (χ3v) is 3.06. The summed E-state index contributed by atoms with van der Waals surface area (Å²) in [4.78, 5) is 4.06. The van der Waals surface area contributed by atoms with Gasteiger partial charge in [-0.3, -0.25) is 4.98 Å². The maximum absolute atomic E-state index is 5.95. The van der Waals surface area contributed by atoms with Crippen molar-refractivity contribution in [1.29, 1.82) is 0 Å². The van der Waals surface area contributed by atoms with Crippen molar-refractivity contribution in [3.8, 4) is 11.1 Å². The van der Waals surface area contributed by atoms with Crippen LogP contribution in [0.3, 0.4) is 0 Å². The molecule has 0 radical (unpaired) electrons. The van der Waals surface area contributed by atoms with E-state index >= 15 is 0 Å². The van der Waals surface area contributed by atoms with Gasteiger partial charge in [-0.25, -0.2) is 0 Å². The van der Waals surface area contributed by atoms with Crippen LogP contribution >= 0.6 is 11.6 Å². The van der Waals surface area contributed by atoms with Gasteiger partial charge in [0, 0.05) is 18.0 Å². The van der Waals surface area contributed by atoms with Crippen molar-refractivity contribution in [3.63, 3.8) is 0 Å². The van der Waals surface area contributed by atoms with Crippen LogP contribution in [-0.4, -0.2) is 4.98 Å². The number of hydrogen-bond acceptors (Lipinski definition) is 2. The summed E-state index contributed by atoms with van der Waals surface area (Å²) in [5, 5.41) is 0.496. The predicted molar refractivity (Wildman–Crippen MR) is 68.6 cm³/mol. The van der Waals surface area contributed by atoms with E-state index in [1.54, 1.807) is 12.4 Å². The molecule has 2 N–H and O–H groups in total. The van der Waals surface area contributed by atoms with Gasteiger partial charge in [-0.2, -0.15) is 0 Å². The molecule has 0 bridgehead atoms. The van der Waals surface area contributed by atoms with Crippen molar-refractivity contribution in [1.82, 2.24) is 4.98 Å². The van der Waals surface area contributed by atoms with Crippen molar-refractivity contribution in [2.75, 3.05) is 5.73 Å². The highest BCUT2D eigenvalue weighted by atomic mass is 35.5. The minimum Gasteiger partial charge on any atom is -0.397 e. The number of hydrogen-bond donors (Lipinski definition) is 1. The van der Waals surface area contributed by atoms with Crippen LogP contribution in [0.2, 0.25) is 5.02 Å². The van der Waals surface area contributed by atoms with Crippen molar-refractivity contribution in [3.05, 3.63) is 46.7 Å². The molecule has 16 heavy (non-hydrogen) atoms. The summed E-state index contributed by atoms with van der Waals surface area (Å²) in [7, 11) is 0. The summed E-state index contributed by atoms with van der Waals surface area (Å²) in [6, 6.07) is 6.20. The predicted octanol–water partition coefficient (Wildman–Crippen LogP) is 3.60. The summed E-state index contributed by atoms with van der Waals surface area (Å²) in [5.41, 5.74) is 10.9. The highest BCUT2D eigenvalue weighted by molar-refractivity contribution is 6.33. The molecule has 0 aliphatic rings. The first-order valence-corrected chi connectivity index (χ1v) is 5.44. The zero-order valence-corrected chi connectivity index (χ0v) is 10.0. The maximum atomic E-state index is 5.95. The Kier molecular flexibility index (Phi) is 2.84. The van der Waals surface area contributed by atoms with Gasteiger partial charge in [0.05, 0.1) is 10.7 Å². The molecule has 0 atom stereocenters. The zero-order chi connectivity index (χ0) is 11.7. The second-order valence-electron chi connectivity index (χ2n) is 3.88. The van der Waals surface area contributed by atoms with Crippen molar-refractivity contribution in [2.24, 2.45) is 0 Å². The molecule has 1 aromatic carbocycles. The zero-order valence-electron chi connectivity index (χ0n) is 9.29. The van der Waals surface area contributed by atoms with E-state index in [0.717, 1.165) is 11.1 Å². The van der Waals surface area contributed by atoms with E-state index in [-0.39, 0.29) is 0 Å². The smallest absolute Gasteiger partial charge is 0.0824 e. The van der Waals surface area contributed by atoms with Crippen molar-refractivity contribution < 1.29 is 0 Å². The Morgan fingerprint density at radius 1 is 1.12 bits per heavy atom. The quantitative estimate of drug-likeness (QED) is 0.816. The Balaban J connectivity index is 2.59. The topological polar surface area (TPSA) is 38.9 Å². The number of rotatable bonds is 1. The number of pyridine rings is 1. The second kappa shape index (κ2) is 4.14. The number of nitrogen functional groups attached to an aromatic ring is 1. The highest BCUT2D eigenvalue weighted by Crippen LogP contribution is 2.31. The van der Waals surface area contributed by atoms with E-state index in [9.17, 15) is 0 Å². The fourth-order valence-corrected chi connectivity index (χ4v) is 1.74. The number of nitrogens with zero attached hydrogens (tertiary/aromatic N) is 1. The molecule has 3 heteroatoms. The first-order chi connectivity index (χ1) is 7.59. The van der Waals surface area contributed by atoms with Crippen LogP contribution in [0.1, 0.15) is 11.1 Å². The van der Waals surface area contributed by atoms with Gasteiger partial charge in [0.1, 0.15) is 0 Å². The van der Waals surface area contributed by atoms with E-state index in [2.05, 4.69) is 31.0 Å². The van der Waals surface area contributed by atoms with Crippen LogP contribution in [0, 0.1) is 13.8 Å². The number of benzene rings is 1. The fourth-order valence-electron chi connectivity index (χ4n) is 1.58. The van der Waals surface area contributed by atoms with E-state index in [1.165, 1.54) is 11.1 Å². The summed E-state index contributed by atoms with van der Waals surface area (Å²) in [5.74, 6) is 0. The van der Waals surface area contributed by atoms with E-state index in [1.807, 2.05) is 6.07 Å². The molecular weight excluding hydrogens is 220 g/mol. The van der Waals surface area contributed by atoms with Crippen LogP contribution in [0.15, 0.2) is 30.6 Å². The molecular formula is C13H13ClN2. The van der Waals surface area contributed by atoms with Crippen LogP contribution < -0.4 is 5.73 Å². The van der Waals surface area contributed by atoms with Crippen molar-refractivity contribution in [2.45, 2.75) is 13.8 Å². The first kappa shape index (κ1) is 11.0. The van der Waals surface area contributed by atoms with Gasteiger partial charge in [-0.05, 0) is 30.5 Å². The summed E-state index contributed by atoms with van der Waals surface area (Å²) >= 11 is 5.95. The van der Waals surface area contributed by atoms with Crippen molar-refractivity contribution >= 4 is 17.3 Å². The largest absolute Gasteiger partial charge is 0.397 e. The van der Waals surface area contributed by atoms with Crippen LogP contribution in [0.4, 0.5) is 5.69 Å². The molecule has 1 heterocycles. The van der Waals surface area contributed by atoms with Gasteiger partial charge < -0.3 is 5.73 Å². The van der Waals surface area contributed by atoms with Gasteiger partial charge in [0.25, 0.3) is 0 Å². The first-order valence-electron chi connectivity index (χ1n) is 5.06. The molecule has 0 unspecified atom stereocenters. The lowest BCUT2D eigenvalue weighted by molar-refractivity contribution is 1.31. The maximum Gasteiger partial charge on any atom is 0.0824 e. The number of aryl methyl sites for hydroxylation is 2. The van der Waals surface area contributed by atoms with E-state index in [4.69, 9.17) is 17.3 Å². The molecule has 0 aliphatic heterocycles. The monoisotopic (exact) mass is 232 g/mol. The lowest BCUT2D eigenvalue weighted by Crippen LogP contribution is -1.93. The number of halogens is 1. The molecule has 2 nitrogen and oxygen atoms in total. The van der Waals surface area contributed by atoms with Gasteiger partial charge in [-0.15, -0.1) is 0 Å². The third kappa shape index (κ3) is 1.89. The average molecular weight is 233 g/mol. The Hall–Kier alpha value is -1.54. The summed E-state index contributed by atoms with van der Waals surface area (Å²) in [6.07, 6.45) is 3.30. The average Bonchev–Trinajstić information content (AvgIpc) is 2.26. The molecule has 0 spiro atoms. The molecule has 0 saturated heterocycles. The molecule has 2 aromatic rings. The SMILES string of the molecule is Cc1ccc(-c2cncc(Cl)c2N)cc1C. The summed E-state index contributed by atoms with van der Waals surface area (Å²) in [6.45, 7) is 4.16. The van der Waals surface area contributed by atoms with Gasteiger partial charge in [-0.1, -0.05) is 29.8 Å². The minimum absolute atomic E-state index is 0.496. The van der Waals surface area contributed by atoms with Crippen LogP contribution in [0.25, 0.3) is 11.1 Å². The number of anilines is 1. The normalized spacial score (nSPS) is 10.4. The molecule has 2 rings (SSSR count). The minimum atomic E-state index is 0.496. The van der Waals surface area contributed by atoms with Crippen LogP contribution in [0.5, 0.6) is 0 Å². The lowest BCUT2D eigenvalue weighted by Gasteiger charge is -2.08. The molecule has 0 saturated carbocycles. The van der Waals surface area contributed by atoms with E-state index in [0.29, 0.717) is 10.7 Å². The molecule has 1 aromatic heterocycles. The van der Waals surface area contributed by atoms with Gasteiger partial charge >= 0.3 is 0 Å². The standard InChI is InChI=1S/C13H13ClN2/c1-8-3-4-10(5-9(8)2)11-6-16-7-12(14)13(11)15/h3-7H,1-2H3,(H2,15,16). The Morgan fingerprint density at radius 3 is 2.56 bits per heavy atom. The third-order valence-electron chi connectivity index (χ3n) is 2.76. The van der Waals surface area contributed by atoms with Crippen LogP contribution in [-0.2, 0) is 0 Å². The Bertz CT molecular complexity index is 535. The molecule has 0 fully saturated rings.